The molecule has 3 rings (SSSR count). The number of amides is 3. The number of urea groups is 1. The van der Waals surface area contributed by atoms with Gasteiger partial charge in [0.1, 0.15) is 5.75 Å². The van der Waals surface area contributed by atoms with Gasteiger partial charge in [-0.1, -0.05) is 30.3 Å². The molecule has 1 saturated heterocycles. The Bertz CT molecular complexity index is 758. The zero-order chi connectivity index (χ0) is 18.4. The van der Waals surface area contributed by atoms with Gasteiger partial charge in [-0.2, -0.15) is 0 Å². The summed E-state index contributed by atoms with van der Waals surface area (Å²) < 4.78 is 0. The van der Waals surface area contributed by atoms with Gasteiger partial charge in [-0.25, -0.2) is 4.79 Å². The molecule has 0 radical (unpaired) electrons. The first-order chi connectivity index (χ1) is 12.6. The SMILES string of the molecule is O=C(CN1CCN(c2ccccc2O)CC1)NC(=O)Nc1ccccc1. The minimum Gasteiger partial charge on any atom is -0.506 e. The van der Waals surface area contributed by atoms with Gasteiger partial charge in [-0.15, -0.1) is 0 Å². The molecule has 0 saturated carbocycles. The molecule has 0 spiro atoms. The number of phenols is 1. The summed E-state index contributed by atoms with van der Waals surface area (Å²) in [5, 5.41) is 14.9. The number of aromatic hydroxyl groups is 1. The smallest absolute Gasteiger partial charge is 0.325 e. The minimum atomic E-state index is -0.533. The lowest BCUT2D eigenvalue weighted by atomic mass is 10.2. The number of phenolic OH excluding ortho intramolecular Hbond substituents is 1. The highest BCUT2D eigenvalue weighted by molar-refractivity contribution is 6.01. The summed E-state index contributed by atoms with van der Waals surface area (Å²) in [5.74, 6) is -0.0780. The second-order valence-electron chi connectivity index (χ2n) is 6.12. The summed E-state index contributed by atoms with van der Waals surface area (Å²) in [6, 6.07) is 15.7. The maximum Gasteiger partial charge on any atom is 0.325 e. The average molecular weight is 354 g/mol. The first-order valence-corrected chi connectivity index (χ1v) is 8.53. The van der Waals surface area contributed by atoms with Crippen molar-refractivity contribution in [1.29, 1.82) is 0 Å². The number of hydrogen-bond donors (Lipinski definition) is 3. The number of nitrogens with zero attached hydrogens (tertiary/aromatic N) is 2. The number of carbonyl (C=O) groups excluding carboxylic acids is 2. The first-order valence-electron chi connectivity index (χ1n) is 8.53. The summed E-state index contributed by atoms with van der Waals surface area (Å²) in [4.78, 5) is 28.0. The van der Waals surface area contributed by atoms with Gasteiger partial charge >= 0.3 is 6.03 Å². The highest BCUT2D eigenvalue weighted by Gasteiger charge is 2.21. The van der Waals surface area contributed by atoms with Crippen molar-refractivity contribution in [3.63, 3.8) is 0 Å². The van der Waals surface area contributed by atoms with Gasteiger partial charge in [0.05, 0.1) is 12.2 Å². The molecule has 0 bridgehead atoms. The van der Waals surface area contributed by atoms with Gasteiger partial charge in [0, 0.05) is 31.9 Å². The number of piperazine rings is 1. The minimum absolute atomic E-state index is 0.164. The van der Waals surface area contributed by atoms with Crippen LogP contribution < -0.4 is 15.5 Å². The standard InChI is InChI=1S/C19H22N4O3/c24-17-9-5-4-8-16(17)23-12-10-22(11-13-23)14-18(25)21-19(26)20-15-6-2-1-3-7-15/h1-9,24H,10-14H2,(H2,20,21,25,26). The number of carbonyl (C=O) groups is 2. The van der Waals surface area contributed by atoms with Crippen LogP contribution in [0.15, 0.2) is 54.6 Å². The van der Waals surface area contributed by atoms with Gasteiger partial charge in [-0.05, 0) is 24.3 Å². The van der Waals surface area contributed by atoms with E-state index in [1.54, 1.807) is 36.4 Å². The van der Waals surface area contributed by atoms with Crippen molar-refractivity contribution in [2.45, 2.75) is 0 Å². The molecule has 2 aromatic carbocycles. The second kappa shape index (κ2) is 8.35. The van der Waals surface area contributed by atoms with E-state index in [1.165, 1.54) is 0 Å². The van der Waals surface area contributed by atoms with Gasteiger partial charge < -0.3 is 15.3 Å². The van der Waals surface area contributed by atoms with E-state index < -0.39 is 6.03 Å². The van der Waals surface area contributed by atoms with E-state index in [4.69, 9.17) is 0 Å². The summed E-state index contributed by atoms with van der Waals surface area (Å²) in [7, 11) is 0. The maximum atomic E-state index is 12.1. The van der Waals surface area contributed by atoms with Crippen molar-refractivity contribution in [2.75, 3.05) is 42.9 Å². The first kappa shape index (κ1) is 17.8. The van der Waals surface area contributed by atoms with Crippen LogP contribution in [0.5, 0.6) is 5.75 Å². The van der Waals surface area contributed by atoms with Crippen molar-refractivity contribution in [3.8, 4) is 5.75 Å². The molecule has 0 aromatic heterocycles. The van der Waals surface area contributed by atoms with Crippen LogP contribution in [0.4, 0.5) is 16.2 Å². The molecule has 26 heavy (non-hydrogen) atoms. The third kappa shape index (κ3) is 4.73. The fraction of sp³-hybridized carbons (Fsp3) is 0.263. The number of anilines is 2. The molecule has 7 nitrogen and oxygen atoms in total. The lowest BCUT2D eigenvalue weighted by Crippen LogP contribution is -2.50. The zero-order valence-electron chi connectivity index (χ0n) is 14.4. The van der Waals surface area contributed by atoms with E-state index >= 15 is 0 Å². The molecule has 0 unspecified atom stereocenters. The summed E-state index contributed by atoms with van der Waals surface area (Å²) in [5.41, 5.74) is 1.44. The Morgan fingerprint density at radius 2 is 1.58 bits per heavy atom. The Morgan fingerprint density at radius 1 is 0.923 bits per heavy atom. The number of benzene rings is 2. The molecule has 136 valence electrons. The number of imide groups is 1. The number of hydrogen-bond acceptors (Lipinski definition) is 5. The molecule has 3 amide bonds. The summed E-state index contributed by atoms with van der Waals surface area (Å²) >= 11 is 0. The molecular formula is C19H22N4O3. The second-order valence-corrected chi connectivity index (χ2v) is 6.12. The van der Waals surface area contributed by atoms with Crippen LogP contribution in [0, 0.1) is 0 Å². The topological polar surface area (TPSA) is 84.9 Å². The normalized spacial score (nSPS) is 14.7. The molecule has 7 heteroatoms. The van der Waals surface area contributed by atoms with Crippen LogP contribution >= 0.6 is 0 Å². The Labute approximate surface area is 152 Å². The maximum absolute atomic E-state index is 12.1. The zero-order valence-corrected chi connectivity index (χ0v) is 14.4. The molecule has 0 atom stereocenters. The van der Waals surface area contributed by atoms with Crippen molar-refractivity contribution >= 4 is 23.3 Å². The Kier molecular flexibility index (Phi) is 5.70. The van der Waals surface area contributed by atoms with Crippen LogP contribution in [0.1, 0.15) is 0 Å². The lowest BCUT2D eigenvalue weighted by molar-refractivity contribution is -0.121. The molecule has 1 aliphatic rings. The van der Waals surface area contributed by atoms with Crippen LogP contribution in [0.2, 0.25) is 0 Å². The molecular weight excluding hydrogens is 332 g/mol. The van der Waals surface area contributed by atoms with Gasteiger partial charge in [0.2, 0.25) is 5.91 Å². The third-order valence-corrected chi connectivity index (χ3v) is 4.25. The highest BCUT2D eigenvalue weighted by Crippen LogP contribution is 2.27. The lowest BCUT2D eigenvalue weighted by Gasteiger charge is -2.35. The van der Waals surface area contributed by atoms with Crippen LogP contribution in [-0.4, -0.2) is 54.7 Å². The third-order valence-electron chi connectivity index (χ3n) is 4.25. The van der Waals surface area contributed by atoms with E-state index in [-0.39, 0.29) is 18.2 Å². The predicted molar refractivity (Wildman–Crippen MR) is 100 cm³/mol. The van der Waals surface area contributed by atoms with Crippen molar-refractivity contribution in [1.82, 2.24) is 10.2 Å². The Morgan fingerprint density at radius 3 is 2.27 bits per heavy atom. The summed E-state index contributed by atoms with van der Waals surface area (Å²) in [6.07, 6.45) is 0. The van der Waals surface area contributed by atoms with Crippen LogP contribution in [0.25, 0.3) is 0 Å². The van der Waals surface area contributed by atoms with Crippen molar-refractivity contribution in [2.24, 2.45) is 0 Å². The van der Waals surface area contributed by atoms with Crippen molar-refractivity contribution in [3.05, 3.63) is 54.6 Å². The molecule has 0 aliphatic carbocycles. The fourth-order valence-electron chi connectivity index (χ4n) is 2.93. The van der Waals surface area contributed by atoms with E-state index in [1.807, 2.05) is 23.1 Å². The van der Waals surface area contributed by atoms with E-state index in [2.05, 4.69) is 15.5 Å². The van der Waals surface area contributed by atoms with Crippen LogP contribution in [0.3, 0.4) is 0 Å². The molecule has 2 aromatic rings. The van der Waals surface area contributed by atoms with E-state index in [0.29, 0.717) is 31.9 Å². The average Bonchev–Trinajstić information content (AvgIpc) is 2.63. The molecule has 1 heterocycles. The molecule has 1 aliphatic heterocycles. The Balaban J connectivity index is 1.43. The van der Waals surface area contributed by atoms with Gasteiger partial charge in [0.15, 0.2) is 0 Å². The molecule has 3 N–H and O–H groups in total. The van der Waals surface area contributed by atoms with Gasteiger partial charge in [0.25, 0.3) is 0 Å². The monoisotopic (exact) mass is 354 g/mol. The predicted octanol–water partition coefficient (Wildman–Crippen LogP) is 1.86. The molecule has 1 fully saturated rings. The largest absolute Gasteiger partial charge is 0.506 e. The van der Waals surface area contributed by atoms with E-state index in [0.717, 1.165) is 5.69 Å². The fourth-order valence-corrected chi connectivity index (χ4v) is 2.93. The van der Waals surface area contributed by atoms with Crippen molar-refractivity contribution < 1.29 is 14.7 Å². The highest BCUT2D eigenvalue weighted by atomic mass is 16.3. The quantitative estimate of drug-likeness (QED) is 0.780. The number of rotatable bonds is 4. The summed E-state index contributed by atoms with van der Waals surface area (Å²) in [6.45, 7) is 2.95. The Hall–Kier alpha value is -3.06. The van der Waals surface area contributed by atoms with E-state index in [9.17, 15) is 14.7 Å². The number of para-hydroxylation sites is 3. The number of nitrogens with one attached hydrogen (secondary N) is 2. The van der Waals surface area contributed by atoms with Crippen LogP contribution in [-0.2, 0) is 4.79 Å². The van der Waals surface area contributed by atoms with Gasteiger partial charge in [-0.3, -0.25) is 15.0 Å².